The molecule has 2 aliphatic rings. The molecule has 3 rings (SSSR count). The predicted octanol–water partition coefficient (Wildman–Crippen LogP) is 2.37. The van der Waals surface area contributed by atoms with E-state index in [0.717, 1.165) is 29.6 Å². The lowest BCUT2D eigenvalue weighted by Crippen LogP contribution is -2.43. The second kappa shape index (κ2) is 6.69. The molecule has 2 heterocycles. The third-order valence-electron chi connectivity index (χ3n) is 4.05. The number of rotatable bonds is 4. The number of guanidine groups is 1. The lowest BCUT2D eigenvalue weighted by atomic mass is 10.1. The van der Waals surface area contributed by atoms with E-state index in [9.17, 15) is 0 Å². The molecule has 1 aromatic carbocycles. The van der Waals surface area contributed by atoms with E-state index in [1.54, 1.807) is 7.05 Å². The number of hydrogen-bond donors (Lipinski definition) is 2. The number of hydrogen-bond acceptors (Lipinski definition) is 4. The van der Waals surface area contributed by atoms with Crippen LogP contribution in [0.15, 0.2) is 23.2 Å². The highest BCUT2D eigenvalue weighted by Crippen LogP contribution is 2.37. The third-order valence-corrected chi connectivity index (χ3v) is 5.59. The van der Waals surface area contributed by atoms with Gasteiger partial charge in [0.15, 0.2) is 17.5 Å². The van der Waals surface area contributed by atoms with Gasteiger partial charge in [-0.3, -0.25) is 4.99 Å². The van der Waals surface area contributed by atoms with Gasteiger partial charge in [0, 0.05) is 24.9 Å². The first-order valence-electron chi connectivity index (χ1n) is 7.66. The molecule has 0 aromatic heterocycles. The Balaban J connectivity index is 1.50. The number of nitrogens with one attached hydrogen (secondary N) is 2. The average Bonchev–Trinajstić information content (AvgIpc) is 3.16. The summed E-state index contributed by atoms with van der Waals surface area (Å²) in [7, 11) is 1.80. The second-order valence-electron chi connectivity index (χ2n) is 5.87. The fourth-order valence-electron chi connectivity index (χ4n) is 2.70. The van der Waals surface area contributed by atoms with Gasteiger partial charge in [-0.1, -0.05) is 6.07 Å². The van der Waals surface area contributed by atoms with Gasteiger partial charge in [0.2, 0.25) is 6.79 Å². The van der Waals surface area contributed by atoms with Gasteiger partial charge in [0.1, 0.15) is 0 Å². The zero-order valence-electron chi connectivity index (χ0n) is 13.1. The minimum absolute atomic E-state index is 0.311. The summed E-state index contributed by atoms with van der Waals surface area (Å²) in [5.74, 6) is 3.74. The van der Waals surface area contributed by atoms with Crippen LogP contribution in [0.4, 0.5) is 0 Å². The highest BCUT2D eigenvalue weighted by molar-refractivity contribution is 8.00. The van der Waals surface area contributed by atoms with Gasteiger partial charge in [0.25, 0.3) is 0 Å². The molecule has 2 aliphatic heterocycles. The van der Waals surface area contributed by atoms with Crippen LogP contribution in [-0.2, 0) is 6.54 Å². The molecule has 22 heavy (non-hydrogen) atoms. The van der Waals surface area contributed by atoms with Gasteiger partial charge in [-0.25, -0.2) is 0 Å². The van der Waals surface area contributed by atoms with Crippen LogP contribution in [0.1, 0.15) is 25.3 Å². The maximum Gasteiger partial charge on any atom is 0.231 e. The molecular formula is C16H23N3O2S. The van der Waals surface area contributed by atoms with E-state index in [2.05, 4.69) is 22.5 Å². The first-order valence-corrected chi connectivity index (χ1v) is 8.64. The molecule has 1 aromatic rings. The fraction of sp³-hybridized carbons (Fsp3) is 0.562. The number of thioether (sulfide) groups is 1. The Morgan fingerprint density at radius 3 is 2.95 bits per heavy atom. The van der Waals surface area contributed by atoms with Crippen LogP contribution < -0.4 is 20.1 Å². The Hall–Kier alpha value is -1.56. The van der Waals surface area contributed by atoms with E-state index in [1.807, 2.05) is 30.0 Å². The number of benzene rings is 1. The summed E-state index contributed by atoms with van der Waals surface area (Å²) in [6, 6.07) is 6.00. The zero-order valence-corrected chi connectivity index (χ0v) is 14.0. The molecule has 1 atom stereocenters. The summed E-state index contributed by atoms with van der Waals surface area (Å²) in [6.45, 7) is 4.28. The highest BCUT2D eigenvalue weighted by Gasteiger charge is 2.29. The molecule has 5 nitrogen and oxygen atoms in total. The largest absolute Gasteiger partial charge is 0.454 e. The van der Waals surface area contributed by atoms with Gasteiger partial charge < -0.3 is 20.1 Å². The molecule has 0 spiro atoms. The standard InChI is InChI=1S/C16H23N3O2S/c1-16(6-3-7-22-16)10-19-15(17-2)18-9-12-4-5-13-14(8-12)21-11-20-13/h4-5,8H,3,6-7,9-11H2,1-2H3,(H2,17,18,19). The molecule has 1 saturated heterocycles. The van der Waals surface area contributed by atoms with Gasteiger partial charge >= 0.3 is 0 Å². The number of aliphatic imine (C=N–C) groups is 1. The molecule has 120 valence electrons. The number of fused-ring (bicyclic) bond motifs is 1. The Morgan fingerprint density at radius 2 is 2.18 bits per heavy atom. The van der Waals surface area contributed by atoms with Crippen LogP contribution >= 0.6 is 11.8 Å². The molecule has 0 amide bonds. The SMILES string of the molecule is CN=C(NCc1ccc2c(c1)OCO2)NCC1(C)CCCS1. The average molecular weight is 321 g/mol. The van der Waals surface area contributed by atoms with Crippen molar-refractivity contribution in [2.45, 2.75) is 31.1 Å². The lowest BCUT2D eigenvalue weighted by molar-refractivity contribution is 0.174. The predicted molar refractivity (Wildman–Crippen MR) is 90.9 cm³/mol. The third kappa shape index (κ3) is 3.61. The maximum atomic E-state index is 5.40. The van der Waals surface area contributed by atoms with Crippen molar-refractivity contribution in [1.82, 2.24) is 10.6 Å². The number of ether oxygens (including phenoxy) is 2. The van der Waals surface area contributed by atoms with E-state index >= 15 is 0 Å². The van der Waals surface area contributed by atoms with Crippen molar-refractivity contribution < 1.29 is 9.47 Å². The minimum Gasteiger partial charge on any atom is -0.454 e. The maximum absolute atomic E-state index is 5.40. The van der Waals surface area contributed by atoms with Gasteiger partial charge in [0.05, 0.1) is 0 Å². The summed E-state index contributed by atoms with van der Waals surface area (Å²) in [4.78, 5) is 4.30. The molecule has 0 aliphatic carbocycles. The summed E-state index contributed by atoms with van der Waals surface area (Å²) >= 11 is 2.05. The topological polar surface area (TPSA) is 54.9 Å². The van der Waals surface area contributed by atoms with Crippen molar-refractivity contribution in [3.8, 4) is 11.5 Å². The fourth-order valence-corrected chi connectivity index (χ4v) is 3.95. The highest BCUT2D eigenvalue weighted by atomic mass is 32.2. The van der Waals surface area contributed by atoms with Crippen LogP contribution in [0, 0.1) is 0 Å². The van der Waals surface area contributed by atoms with Crippen molar-refractivity contribution in [2.75, 3.05) is 26.1 Å². The molecule has 2 N–H and O–H groups in total. The Labute approximate surface area is 135 Å². The van der Waals surface area contributed by atoms with Gasteiger partial charge in [-0.05, 0) is 43.2 Å². The Morgan fingerprint density at radius 1 is 1.32 bits per heavy atom. The normalized spacial score (nSPS) is 23.6. The van der Waals surface area contributed by atoms with Crippen LogP contribution in [-0.4, -0.2) is 36.8 Å². The first-order chi connectivity index (χ1) is 10.7. The van der Waals surface area contributed by atoms with Crippen molar-refractivity contribution in [3.05, 3.63) is 23.8 Å². The van der Waals surface area contributed by atoms with Crippen LogP contribution in [0.5, 0.6) is 11.5 Å². The van der Waals surface area contributed by atoms with Crippen molar-refractivity contribution in [2.24, 2.45) is 4.99 Å². The quantitative estimate of drug-likeness (QED) is 0.659. The zero-order chi connectivity index (χ0) is 15.4. The monoisotopic (exact) mass is 321 g/mol. The minimum atomic E-state index is 0.311. The van der Waals surface area contributed by atoms with E-state index in [-0.39, 0.29) is 0 Å². The molecule has 6 heteroatoms. The lowest BCUT2D eigenvalue weighted by Gasteiger charge is -2.24. The van der Waals surface area contributed by atoms with Crippen LogP contribution in [0.3, 0.4) is 0 Å². The summed E-state index contributed by atoms with van der Waals surface area (Å²) in [6.07, 6.45) is 2.58. The Kier molecular flexibility index (Phi) is 4.66. The van der Waals surface area contributed by atoms with Gasteiger partial charge in [-0.15, -0.1) is 0 Å². The molecule has 0 saturated carbocycles. The first kappa shape index (κ1) is 15.3. The van der Waals surface area contributed by atoms with Crippen molar-refractivity contribution in [3.63, 3.8) is 0 Å². The van der Waals surface area contributed by atoms with Crippen LogP contribution in [0.2, 0.25) is 0 Å². The van der Waals surface area contributed by atoms with Crippen molar-refractivity contribution in [1.29, 1.82) is 0 Å². The van der Waals surface area contributed by atoms with E-state index in [1.165, 1.54) is 18.6 Å². The van der Waals surface area contributed by atoms with E-state index in [4.69, 9.17) is 9.47 Å². The second-order valence-corrected chi connectivity index (χ2v) is 7.55. The smallest absolute Gasteiger partial charge is 0.231 e. The Bertz CT molecular complexity index is 556. The van der Waals surface area contributed by atoms with E-state index < -0.39 is 0 Å². The van der Waals surface area contributed by atoms with E-state index in [0.29, 0.717) is 18.1 Å². The molecule has 0 radical (unpaired) electrons. The van der Waals surface area contributed by atoms with Crippen LogP contribution in [0.25, 0.3) is 0 Å². The summed E-state index contributed by atoms with van der Waals surface area (Å²) < 4.78 is 11.1. The number of nitrogens with zero attached hydrogens (tertiary/aromatic N) is 1. The molecule has 1 fully saturated rings. The van der Waals surface area contributed by atoms with Gasteiger partial charge in [-0.2, -0.15) is 11.8 Å². The van der Waals surface area contributed by atoms with Crippen molar-refractivity contribution >= 4 is 17.7 Å². The summed E-state index contributed by atoms with van der Waals surface area (Å²) in [5.41, 5.74) is 1.15. The summed E-state index contributed by atoms with van der Waals surface area (Å²) in [5, 5.41) is 6.79. The molecular weight excluding hydrogens is 298 g/mol. The molecule has 0 bridgehead atoms. The molecule has 1 unspecified atom stereocenters.